The number of aromatic nitrogens is 1. The lowest BCUT2D eigenvalue weighted by Crippen LogP contribution is -2.26. The first-order chi connectivity index (χ1) is 12.1. The van der Waals surface area contributed by atoms with Crippen molar-refractivity contribution in [2.24, 2.45) is 7.05 Å². The van der Waals surface area contributed by atoms with E-state index in [2.05, 4.69) is 16.3 Å². The van der Waals surface area contributed by atoms with Crippen LogP contribution in [-0.4, -0.2) is 29.3 Å². The van der Waals surface area contributed by atoms with Gasteiger partial charge in [-0.25, -0.2) is 0 Å². The molecule has 1 N–H and O–H groups in total. The van der Waals surface area contributed by atoms with Gasteiger partial charge in [-0.15, -0.1) is 0 Å². The van der Waals surface area contributed by atoms with Crippen LogP contribution < -0.4 is 10.2 Å². The fraction of sp³-hybridized carbons (Fsp3) is 0.400. The Kier molecular flexibility index (Phi) is 5.22. The number of ketones is 1. The second-order valence-electron chi connectivity index (χ2n) is 6.65. The monoisotopic (exact) mass is 339 g/mol. The lowest BCUT2D eigenvalue weighted by Gasteiger charge is -2.25. The van der Waals surface area contributed by atoms with Crippen LogP contribution in [0.2, 0.25) is 0 Å². The average Bonchev–Trinajstić information content (AvgIpc) is 2.81. The number of nitrogens with one attached hydrogen (secondary N) is 1. The predicted molar refractivity (Wildman–Crippen MR) is 100 cm³/mol. The average molecular weight is 339 g/mol. The number of anilines is 2. The SMILES string of the molecule is CC(=O)c1cc(C(=O)Nc2ccccc2N2CCCCCC2)n(C)c1. The number of hydrogen-bond donors (Lipinski definition) is 1. The Balaban J connectivity index is 1.83. The molecule has 5 nitrogen and oxygen atoms in total. The van der Waals surface area contributed by atoms with E-state index in [1.165, 1.54) is 32.6 Å². The highest BCUT2D eigenvalue weighted by Crippen LogP contribution is 2.28. The molecule has 1 aliphatic heterocycles. The number of Topliss-reactive ketones (excluding diaryl/α,β-unsaturated/α-hetero) is 1. The molecule has 0 unspecified atom stereocenters. The van der Waals surface area contributed by atoms with Gasteiger partial charge < -0.3 is 14.8 Å². The second kappa shape index (κ2) is 7.55. The van der Waals surface area contributed by atoms with Gasteiger partial charge in [0.1, 0.15) is 5.69 Å². The Labute approximate surface area is 148 Å². The van der Waals surface area contributed by atoms with Gasteiger partial charge >= 0.3 is 0 Å². The van der Waals surface area contributed by atoms with Crippen LogP contribution in [0, 0.1) is 0 Å². The maximum atomic E-state index is 12.7. The molecule has 1 aliphatic rings. The third-order valence-corrected chi connectivity index (χ3v) is 4.74. The Bertz CT molecular complexity index is 771. The van der Waals surface area contributed by atoms with Crippen LogP contribution in [0.1, 0.15) is 53.5 Å². The van der Waals surface area contributed by atoms with Gasteiger partial charge in [0.2, 0.25) is 0 Å². The third kappa shape index (κ3) is 3.92. The number of carbonyl (C=O) groups excluding carboxylic acids is 2. The van der Waals surface area contributed by atoms with Crippen LogP contribution in [0.4, 0.5) is 11.4 Å². The van der Waals surface area contributed by atoms with Crippen molar-refractivity contribution in [3.63, 3.8) is 0 Å². The molecule has 0 saturated carbocycles. The van der Waals surface area contributed by atoms with Crippen molar-refractivity contribution in [1.29, 1.82) is 0 Å². The van der Waals surface area contributed by atoms with Crippen LogP contribution in [-0.2, 0) is 7.05 Å². The molecule has 132 valence electrons. The van der Waals surface area contributed by atoms with E-state index in [-0.39, 0.29) is 11.7 Å². The molecule has 1 saturated heterocycles. The molecule has 1 aromatic heterocycles. The molecule has 5 heteroatoms. The van der Waals surface area contributed by atoms with Crippen LogP contribution in [0.5, 0.6) is 0 Å². The van der Waals surface area contributed by atoms with Crippen LogP contribution in [0.3, 0.4) is 0 Å². The summed E-state index contributed by atoms with van der Waals surface area (Å²) in [5.74, 6) is -0.239. The van der Waals surface area contributed by atoms with Crippen LogP contribution >= 0.6 is 0 Å². The summed E-state index contributed by atoms with van der Waals surface area (Å²) in [4.78, 5) is 26.6. The first kappa shape index (κ1) is 17.3. The number of rotatable bonds is 4. The van der Waals surface area contributed by atoms with Gasteiger partial charge in [0.15, 0.2) is 5.78 Å². The number of para-hydroxylation sites is 2. The van der Waals surface area contributed by atoms with E-state index >= 15 is 0 Å². The van der Waals surface area contributed by atoms with Gasteiger partial charge in [0.05, 0.1) is 11.4 Å². The fourth-order valence-corrected chi connectivity index (χ4v) is 3.34. The number of amides is 1. The summed E-state index contributed by atoms with van der Waals surface area (Å²) in [6, 6.07) is 9.58. The third-order valence-electron chi connectivity index (χ3n) is 4.74. The maximum absolute atomic E-state index is 12.7. The predicted octanol–water partition coefficient (Wildman–Crippen LogP) is 3.86. The smallest absolute Gasteiger partial charge is 0.272 e. The summed E-state index contributed by atoms with van der Waals surface area (Å²) in [6.07, 6.45) is 6.59. The minimum absolute atomic E-state index is 0.0420. The summed E-state index contributed by atoms with van der Waals surface area (Å²) in [5.41, 5.74) is 2.92. The second-order valence-corrected chi connectivity index (χ2v) is 6.65. The van der Waals surface area contributed by atoms with Gasteiger partial charge in [-0.2, -0.15) is 0 Å². The number of hydrogen-bond acceptors (Lipinski definition) is 3. The number of aryl methyl sites for hydroxylation is 1. The Morgan fingerprint density at radius 3 is 2.36 bits per heavy atom. The molecule has 25 heavy (non-hydrogen) atoms. The molecule has 0 radical (unpaired) electrons. The van der Waals surface area contributed by atoms with Gasteiger partial charge in [-0.1, -0.05) is 25.0 Å². The molecule has 0 aliphatic carbocycles. The highest BCUT2D eigenvalue weighted by atomic mass is 16.2. The standard InChI is InChI=1S/C20H25N3O2/c1-15(24)16-13-19(22(2)14-16)20(25)21-17-9-5-6-10-18(17)23-11-7-3-4-8-12-23/h5-6,9-10,13-14H,3-4,7-8,11-12H2,1-2H3,(H,21,25). The molecule has 1 fully saturated rings. The minimum atomic E-state index is -0.197. The minimum Gasteiger partial charge on any atom is -0.370 e. The molecule has 1 amide bonds. The summed E-state index contributed by atoms with van der Waals surface area (Å²) in [6.45, 7) is 3.54. The topological polar surface area (TPSA) is 54.3 Å². The molecule has 0 bridgehead atoms. The van der Waals surface area contributed by atoms with E-state index in [4.69, 9.17) is 0 Å². The molecule has 0 atom stereocenters. The number of nitrogens with zero attached hydrogens (tertiary/aromatic N) is 2. The summed E-state index contributed by atoms with van der Waals surface area (Å²) in [7, 11) is 1.78. The van der Waals surface area contributed by atoms with Crippen molar-refractivity contribution in [3.8, 4) is 0 Å². The highest BCUT2D eigenvalue weighted by molar-refractivity contribution is 6.06. The molecular formula is C20H25N3O2. The van der Waals surface area contributed by atoms with Crippen molar-refractivity contribution in [3.05, 3.63) is 47.8 Å². The molecule has 2 aromatic rings. The first-order valence-electron chi connectivity index (χ1n) is 8.89. The van der Waals surface area contributed by atoms with Crippen LogP contribution in [0.15, 0.2) is 36.5 Å². The maximum Gasteiger partial charge on any atom is 0.272 e. The molecular weight excluding hydrogens is 314 g/mol. The van der Waals surface area contributed by atoms with Gasteiger partial charge in [-0.3, -0.25) is 9.59 Å². The number of carbonyl (C=O) groups is 2. The molecule has 3 rings (SSSR count). The van der Waals surface area contributed by atoms with E-state index in [9.17, 15) is 9.59 Å². The quantitative estimate of drug-likeness (QED) is 0.861. The zero-order chi connectivity index (χ0) is 17.8. The summed E-state index contributed by atoms with van der Waals surface area (Å²) in [5, 5.41) is 3.02. The highest BCUT2D eigenvalue weighted by Gasteiger charge is 2.18. The number of benzene rings is 1. The molecule has 2 heterocycles. The zero-order valence-electron chi connectivity index (χ0n) is 14.9. The van der Waals surface area contributed by atoms with E-state index in [1.54, 1.807) is 23.9 Å². The van der Waals surface area contributed by atoms with E-state index < -0.39 is 0 Å². The van der Waals surface area contributed by atoms with Crippen molar-refractivity contribution < 1.29 is 9.59 Å². The Hall–Kier alpha value is -2.56. The van der Waals surface area contributed by atoms with Gasteiger partial charge in [-0.05, 0) is 38.0 Å². The summed E-state index contributed by atoms with van der Waals surface area (Å²) < 4.78 is 1.70. The summed E-state index contributed by atoms with van der Waals surface area (Å²) >= 11 is 0. The van der Waals surface area contributed by atoms with Crippen molar-refractivity contribution in [2.45, 2.75) is 32.6 Å². The Morgan fingerprint density at radius 1 is 1.04 bits per heavy atom. The lowest BCUT2D eigenvalue weighted by atomic mass is 10.2. The van der Waals surface area contributed by atoms with E-state index in [1.807, 2.05) is 18.2 Å². The fourth-order valence-electron chi connectivity index (χ4n) is 3.34. The van der Waals surface area contributed by atoms with Gasteiger partial charge in [0, 0.05) is 31.9 Å². The van der Waals surface area contributed by atoms with Crippen molar-refractivity contribution in [2.75, 3.05) is 23.3 Å². The van der Waals surface area contributed by atoms with Crippen molar-refractivity contribution >= 4 is 23.1 Å². The first-order valence-corrected chi connectivity index (χ1v) is 8.89. The normalized spacial score (nSPS) is 14.9. The largest absolute Gasteiger partial charge is 0.370 e. The van der Waals surface area contributed by atoms with Gasteiger partial charge in [0.25, 0.3) is 5.91 Å². The van der Waals surface area contributed by atoms with E-state index in [0.717, 1.165) is 24.5 Å². The van der Waals surface area contributed by atoms with E-state index in [0.29, 0.717) is 11.3 Å². The van der Waals surface area contributed by atoms with Crippen LogP contribution in [0.25, 0.3) is 0 Å². The zero-order valence-corrected chi connectivity index (χ0v) is 14.9. The molecule has 1 aromatic carbocycles. The molecule has 0 spiro atoms. The van der Waals surface area contributed by atoms with Crippen molar-refractivity contribution in [1.82, 2.24) is 4.57 Å². The Morgan fingerprint density at radius 2 is 1.72 bits per heavy atom. The lowest BCUT2D eigenvalue weighted by molar-refractivity contribution is 0.101.